The van der Waals surface area contributed by atoms with Crippen molar-refractivity contribution in [2.24, 2.45) is 23.7 Å². The van der Waals surface area contributed by atoms with Crippen LogP contribution >= 0.6 is 62.2 Å². The second kappa shape index (κ2) is 21.3. The number of amides is 2. The molecule has 2 N–H and O–H groups in total. The van der Waals surface area contributed by atoms with Crippen LogP contribution in [-0.4, -0.2) is 34.5 Å². The van der Waals surface area contributed by atoms with Crippen molar-refractivity contribution in [3.8, 4) is 0 Å². The molecule has 0 aromatic heterocycles. The molecule has 0 spiro atoms. The van der Waals surface area contributed by atoms with Crippen molar-refractivity contribution in [3.63, 3.8) is 0 Å². The molecule has 2 aliphatic carbocycles. The number of allylic oxidation sites excluding steroid dienone is 1. The zero-order valence-corrected chi connectivity index (χ0v) is 44.8. The van der Waals surface area contributed by atoms with Crippen LogP contribution in [0.2, 0.25) is 20.1 Å². The monoisotopic (exact) mass is 1020 g/mol. The lowest BCUT2D eigenvalue weighted by molar-refractivity contribution is -0.120. The molecule has 2 amide bonds. The van der Waals surface area contributed by atoms with Crippen LogP contribution in [0.4, 0.5) is 0 Å². The van der Waals surface area contributed by atoms with Crippen LogP contribution in [0.25, 0.3) is 5.70 Å². The number of carbonyl (C=O) groups is 2. The Morgan fingerprint density at radius 3 is 1.46 bits per heavy atom. The Hall–Kier alpha value is -3.20. The third-order valence-electron chi connectivity index (χ3n) is 16.0. The van der Waals surface area contributed by atoms with Crippen LogP contribution in [0, 0.1) is 23.7 Å². The van der Waals surface area contributed by atoms with Gasteiger partial charge in [0, 0.05) is 36.9 Å². The summed E-state index contributed by atoms with van der Waals surface area (Å²) in [6.07, 6.45) is 10.8. The Morgan fingerprint density at radius 2 is 0.971 bits per heavy atom. The number of carbonyl (C=O) groups excluding carboxylic acids is 2. The summed E-state index contributed by atoms with van der Waals surface area (Å²) in [5.41, 5.74) is 12.0. The average molecular weight is 1020 g/mol. The molecule has 11 rings (SSSR count). The summed E-state index contributed by atoms with van der Waals surface area (Å²) in [7, 11) is 0.220. The molecule has 10 heteroatoms. The maximum Gasteiger partial charge on any atom is 0.221 e. The zero-order valence-electron chi connectivity index (χ0n) is 40.0. The van der Waals surface area contributed by atoms with Crippen LogP contribution in [0.3, 0.4) is 0 Å². The van der Waals surface area contributed by atoms with Gasteiger partial charge in [-0.3, -0.25) is 9.59 Å². The highest BCUT2D eigenvalue weighted by molar-refractivity contribution is 7.74. The molecule has 4 aliphatic heterocycles. The van der Waals surface area contributed by atoms with Gasteiger partial charge in [-0.15, -0.1) is 0 Å². The summed E-state index contributed by atoms with van der Waals surface area (Å²) in [5.74, 6) is 4.38. The lowest BCUT2D eigenvalue weighted by atomic mass is 9.77. The Labute approximate surface area is 427 Å². The van der Waals surface area contributed by atoms with E-state index in [1.165, 1.54) is 54.9 Å². The fraction of sp³-hybridized carbons (Fsp3) is 0.414. The van der Waals surface area contributed by atoms with Gasteiger partial charge in [-0.1, -0.05) is 181 Å². The molecule has 4 bridgehead atoms. The van der Waals surface area contributed by atoms with E-state index in [9.17, 15) is 9.59 Å². The SMILES string of the molecule is CC(=O)NC1=CCC(c2ccc(Cl)c(Cl)c2)c2ccccc21.CC(=O)N[C@@H]1CCC(c2ccc(Cl)c(Cl)c2)c2ccccc21.C[C@H]1CC2[C@@H](C)CC1P2c1ccccc1P1C2C[C@H](C)C1C[C@@H]2C. The summed E-state index contributed by atoms with van der Waals surface area (Å²) in [5, 5.41) is 12.0. The van der Waals surface area contributed by atoms with Gasteiger partial charge in [0.15, 0.2) is 0 Å². The Kier molecular flexibility index (Phi) is 15.6. The van der Waals surface area contributed by atoms with Crippen molar-refractivity contribution < 1.29 is 9.59 Å². The van der Waals surface area contributed by atoms with Gasteiger partial charge in [0.1, 0.15) is 0 Å². The van der Waals surface area contributed by atoms with Crippen molar-refractivity contribution in [2.45, 2.75) is 127 Å². The average Bonchev–Trinajstić information content (AvgIpc) is 4.03. The van der Waals surface area contributed by atoms with Crippen molar-refractivity contribution in [3.05, 3.63) is 169 Å². The van der Waals surface area contributed by atoms with Gasteiger partial charge >= 0.3 is 0 Å². The number of halogens is 4. The molecule has 356 valence electrons. The molecule has 6 aliphatic rings. The van der Waals surface area contributed by atoms with Crippen LogP contribution in [0.15, 0.2) is 115 Å². The first kappa shape index (κ1) is 49.8. The van der Waals surface area contributed by atoms with Crippen molar-refractivity contribution in [1.82, 2.24) is 10.6 Å². The van der Waals surface area contributed by atoms with Gasteiger partial charge in [-0.2, -0.15) is 0 Å². The molecule has 4 saturated heterocycles. The molecule has 5 aromatic carbocycles. The number of hydrogen-bond acceptors (Lipinski definition) is 2. The molecule has 4 fully saturated rings. The van der Waals surface area contributed by atoms with Crippen LogP contribution in [0.1, 0.15) is 138 Å². The van der Waals surface area contributed by atoms with E-state index in [4.69, 9.17) is 46.4 Å². The van der Waals surface area contributed by atoms with Gasteiger partial charge < -0.3 is 10.6 Å². The van der Waals surface area contributed by atoms with Crippen LogP contribution < -0.4 is 21.2 Å². The molecule has 0 radical (unpaired) electrons. The van der Waals surface area contributed by atoms with Gasteiger partial charge in [0.05, 0.1) is 26.1 Å². The molecule has 68 heavy (non-hydrogen) atoms. The van der Waals surface area contributed by atoms with Crippen LogP contribution in [0.5, 0.6) is 0 Å². The fourth-order valence-electron chi connectivity index (χ4n) is 12.9. The third-order valence-corrected chi connectivity index (χ3v) is 25.3. The predicted octanol–water partition coefficient (Wildman–Crippen LogP) is 15.6. The van der Waals surface area contributed by atoms with Gasteiger partial charge in [0.2, 0.25) is 11.8 Å². The van der Waals surface area contributed by atoms with Crippen molar-refractivity contribution in [2.75, 3.05) is 0 Å². The minimum Gasteiger partial charge on any atom is -0.350 e. The number of hydrogen-bond donors (Lipinski definition) is 2. The normalized spacial score (nSPS) is 30.4. The highest BCUT2D eigenvalue weighted by atomic mass is 35.5. The quantitative estimate of drug-likeness (QED) is 0.167. The highest BCUT2D eigenvalue weighted by Crippen LogP contribution is 2.71. The van der Waals surface area contributed by atoms with E-state index < -0.39 is 0 Å². The highest BCUT2D eigenvalue weighted by Gasteiger charge is 2.54. The summed E-state index contributed by atoms with van der Waals surface area (Å²) in [6.45, 7) is 13.3. The van der Waals surface area contributed by atoms with Gasteiger partial charge in [-0.25, -0.2) is 0 Å². The van der Waals surface area contributed by atoms with E-state index >= 15 is 0 Å². The maximum atomic E-state index is 11.4. The standard InChI is InChI=1S/C22H32P2.C18H17Cl2NO.C18H15Cl2NO/c1-13-9-20-14(2)10-19(13)23(20)17-7-5-6-8-18(17)24-21-12-16(4)22(24)11-15(21)3;2*1-11(22)21-18-9-7-13(14-4-2-3-5-15(14)18)12-6-8-16(19)17(20)10-12/h5-8,13-16,19-22H,9-12H2,1-4H3;2-6,8,10,13,18H,7,9H2,1H3,(H,21,22);2-6,8-10,13H,7H2,1H3,(H,21,22)/t13-,14-,15-,16-,19?,20?,21?,22?,23?,24?;13?,18-;/m01./s1. The second-order valence-electron chi connectivity index (χ2n) is 20.5. The van der Waals surface area contributed by atoms with Crippen molar-refractivity contribution >= 4 is 90.4 Å². The Morgan fingerprint density at radius 1 is 0.515 bits per heavy atom. The van der Waals surface area contributed by atoms with Gasteiger partial charge in [-0.05, 0) is 154 Å². The van der Waals surface area contributed by atoms with E-state index in [2.05, 4.69) is 86.9 Å². The number of fused-ring (bicyclic) bond motifs is 6. The summed E-state index contributed by atoms with van der Waals surface area (Å²) >= 11 is 24.4. The zero-order chi connectivity index (χ0) is 48.0. The Bertz CT molecular complexity index is 2620. The maximum absolute atomic E-state index is 11.4. The molecular formula is C58H64Cl4N2O2P2. The summed E-state index contributed by atoms with van der Waals surface area (Å²) in [4.78, 5) is 22.8. The smallest absolute Gasteiger partial charge is 0.221 e. The number of benzene rings is 5. The number of nitrogens with one attached hydrogen (secondary N) is 2. The fourth-order valence-corrected chi connectivity index (χ4v) is 22.7. The third kappa shape index (κ3) is 10.1. The lowest BCUT2D eigenvalue weighted by Crippen LogP contribution is -2.30. The summed E-state index contributed by atoms with van der Waals surface area (Å²) < 4.78 is 0. The molecule has 6 unspecified atom stereocenters. The molecular weight excluding hydrogens is 960 g/mol. The van der Waals surface area contributed by atoms with E-state index in [0.717, 1.165) is 82.4 Å². The first-order chi connectivity index (χ1) is 32.7. The molecule has 4 nitrogen and oxygen atoms in total. The predicted molar refractivity (Wildman–Crippen MR) is 292 cm³/mol. The largest absolute Gasteiger partial charge is 0.350 e. The Balaban J connectivity index is 0.000000128. The first-order valence-corrected chi connectivity index (χ1v) is 29.1. The topological polar surface area (TPSA) is 58.2 Å². The first-order valence-electron chi connectivity index (χ1n) is 24.7. The van der Waals surface area contributed by atoms with Gasteiger partial charge in [0.25, 0.3) is 0 Å². The molecule has 4 heterocycles. The van der Waals surface area contributed by atoms with Crippen molar-refractivity contribution in [1.29, 1.82) is 0 Å². The molecule has 5 aromatic rings. The summed E-state index contributed by atoms with van der Waals surface area (Å²) in [6, 6.07) is 37.9. The minimum atomic E-state index is -0.0611. The molecule has 0 saturated carbocycles. The second-order valence-corrected chi connectivity index (χ2v) is 27.3. The van der Waals surface area contributed by atoms with E-state index in [1.807, 2.05) is 77.3 Å². The van der Waals surface area contributed by atoms with E-state index in [1.54, 1.807) is 6.92 Å². The minimum absolute atomic E-state index is 0.00721. The molecule has 11 atom stereocenters. The van der Waals surface area contributed by atoms with Crippen LogP contribution in [-0.2, 0) is 9.59 Å². The lowest BCUT2D eigenvalue weighted by Gasteiger charge is -2.32. The van der Waals surface area contributed by atoms with E-state index in [-0.39, 0.29) is 45.5 Å². The number of rotatable bonds is 6. The van der Waals surface area contributed by atoms with E-state index in [0.29, 0.717) is 20.1 Å².